The second-order valence-electron chi connectivity index (χ2n) is 6.79. The number of carbonyl (C=O) groups is 2. The summed E-state index contributed by atoms with van der Waals surface area (Å²) in [6.45, 7) is 1.71. The van der Waals surface area contributed by atoms with Gasteiger partial charge in [0.05, 0.1) is 16.3 Å². The van der Waals surface area contributed by atoms with Crippen LogP contribution in [0.5, 0.6) is 0 Å². The van der Waals surface area contributed by atoms with Gasteiger partial charge in [-0.2, -0.15) is 9.90 Å². The zero-order valence-electron chi connectivity index (χ0n) is 15.6. The first-order valence-electron chi connectivity index (χ1n) is 9.33. The monoisotopic (exact) mass is 395 g/mol. The van der Waals surface area contributed by atoms with Gasteiger partial charge in [-0.25, -0.2) is 0 Å². The highest BCUT2D eigenvalue weighted by Crippen LogP contribution is 2.28. The van der Waals surface area contributed by atoms with E-state index in [-0.39, 0.29) is 11.6 Å². The molecule has 3 aromatic rings. The number of carbonyl (C=O) groups excluding carboxylic acids is 2. The summed E-state index contributed by atoms with van der Waals surface area (Å²) in [7, 11) is 0. The topological polar surface area (TPSA) is 88.9 Å². The fourth-order valence-corrected chi connectivity index (χ4v) is 4.43. The SMILES string of the molecule is Cc1nn(-c2ccccc2)nc1C(=O)NNC(=O)c1cc2c(s1)CCCCC2. The largest absolute Gasteiger partial charge is 0.292 e. The van der Waals surface area contributed by atoms with Crippen LogP contribution in [0.15, 0.2) is 36.4 Å². The van der Waals surface area contributed by atoms with Gasteiger partial charge in [-0.15, -0.1) is 16.4 Å². The molecule has 2 N–H and O–H groups in total. The summed E-state index contributed by atoms with van der Waals surface area (Å²) in [5.41, 5.74) is 7.62. The van der Waals surface area contributed by atoms with Gasteiger partial charge in [0.2, 0.25) is 0 Å². The van der Waals surface area contributed by atoms with E-state index in [4.69, 9.17) is 0 Å². The molecule has 0 radical (unpaired) electrons. The van der Waals surface area contributed by atoms with Crippen LogP contribution in [0, 0.1) is 6.92 Å². The summed E-state index contributed by atoms with van der Waals surface area (Å²) in [4.78, 5) is 28.2. The van der Waals surface area contributed by atoms with Crippen LogP contribution in [0.2, 0.25) is 0 Å². The van der Waals surface area contributed by atoms with Gasteiger partial charge < -0.3 is 0 Å². The highest BCUT2D eigenvalue weighted by atomic mass is 32.1. The van der Waals surface area contributed by atoms with Crippen LogP contribution in [0.4, 0.5) is 0 Å². The van der Waals surface area contributed by atoms with Gasteiger partial charge in [0.1, 0.15) is 0 Å². The average Bonchev–Trinajstić information content (AvgIpc) is 3.23. The number of hydrogen-bond acceptors (Lipinski definition) is 5. The lowest BCUT2D eigenvalue weighted by Crippen LogP contribution is -2.41. The third-order valence-corrected chi connectivity index (χ3v) is 5.98. The molecule has 28 heavy (non-hydrogen) atoms. The average molecular weight is 395 g/mol. The maximum Gasteiger partial charge on any atom is 0.292 e. The Morgan fingerprint density at radius 1 is 1.00 bits per heavy atom. The molecule has 2 heterocycles. The number of para-hydroxylation sites is 1. The molecule has 8 heteroatoms. The zero-order valence-corrected chi connectivity index (χ0v) is 16.4. The summed E-state index contributed by atoms with van der Waals surface area (Å²) in [6, 6.07) is 11.3. The maximum absolute atomic E-state index is 12.4. The van der Waals surface area contributed by atoms with Gasteiger partial charge in [-0.05, 0) is 56.4 Å². The van der Waals surface area contributed by atoms with Crippen molar-refractivity contribution < 1.29 is 9.59 Å². The second-order valence-corrected chi connectivity index (χ2v) is 7.92. The molecule has 4 rings (SSSR count). The first kappa shape index (κ1) is 18.4. The molecule has 0 atom stereocenters. The van der Waals surface area contributed by atoms with Gasteiger partial charge in [0.15, 0.2) is 5.69 Å². The Balaban J connectivity index is 1.42. The lowest BCUT2D eigenvalue weighted by molar-refractivity contribution is 0.0845. The van der Waals surface area contributed by atoms with Crippen LogP contribution in [0.1, 0.15) is 55.6 Å². The first-order chi connectivity index (χ1) is 13.6. The van der Waals surface area contributed by atoms with Gasteiger partial charge in [-0.1, -0.05) is 24.6 Å². The van der Waals surface area contributed by atoms with Crippen molar-refractivity contribution in [1.29, 1.82) is 0 Å². The highest BCUT2D eigenvalue weighted by molar-refractivity contribution is 7.14. The number of hydrogen-bond donors (Lipinski definition) is 2. The molecule has 144 valence electrons. The number of benzene rings is 1. The van der Waals surface area contributed by atoms with Gasteiger partial charge >= 0.3 is 0 Å². The van der Waals surface area contributed by atoms with Crippen molar-refractivity contribution in [2.75, 3.05) is 0 Å². The van der Waals surface area contributed by atoms with Gasteiger partial charge in [0, 0.05) is 4.88 Å². The molecular weight excluding hydrogens is 374 g/mol. The minimum Gasteiger partial charge on any atom is -0.266 e. The van der Waals surface area contributed by atoms with E-state index >= 15 is 0 Å². The summed E-state index contributed by atoms with van der Waals surface area (Å²) in [6.07, 6.45) is 5.62. The summed E-state index contributed by atoms with van der Waals surface area (Å²) >= 11 is 1.51. The van der Waals surface area contributed by atoms with Crippen molar-refractivity contribution in [3.63, 3.8) is 0 Å². The van der Waals surface area contributed by atoms with Crippen LogP contribution in [0.25, 0.3) is 5.69 Å². The van der Waals surface area contributed by atoms with E-state index in [9.17, 15) is 9.59 Å². The molecule has 1 aliphatic rings. The smallest absolute Gasteiger partial charge is 0.266 e. The Kier molecular flexibility index (Phi) is 5.21. The Bertz CT molecular complexity index is 986. The molecule has 0 aliphatic heterocycles. The molecule has 0 saturated carbocycles. The zero-order chi connectivity index (χ0) is 19.5. The maximum atomic E-state index is 12.4. The Morgan fingerprint density at radius 3 is 2.57 bits per heavy atom. The number of amides is 2. The summed E-state index contributed by atoms with van der Waals surface area (Å²) in [5.74, 6) is -0.800. The molecule has 7 nitrogen and oxygen atoms in total. The molecule has 2 amide bonds. The molecule has 0 unspecified atom stereocenters. The molecule has 0 saturated heterocycles. The van der Waals surface area contributed by atoms with E-state index in [0.717, 1.165) is 24.9 Å². The third kappa shape index (κ3) is 3.82. The fourth-order valence-electron chi connectivity index (χ4n) is 3.28. The fraction of sp³-hybridized carbons (Fsp3) is 0.300. The van der Waals surface area contributed by atoms with E-state index in [0.29, 0.717) is 10.6 Å². The van der Waals surface area contributed by atoms with Crippen molar-refractivity contribution in [2.45, 2.75) is 39.0 Å². The van der Waals surface area contributed by atoms with E-state index in [1.54, 1.807) is 6.92 Å². The molecule has 0 fully saturated rings. The Hall–Kier alpha value is -3.00. The van der Waals surface area contributed by atoms with E-state index in [1.807, 2.05) is 36.4 Å². The molecule has 2 aromatic heterocycles. The second kappa shape index (κ2) is 7.93. The molecule has 1 aliphatic carbocycles. The molecule has 0 bridgehead atoms. The Morgan fingerprint density at radius 2 is 1.75 bits per heavy atom. The van der Waals surface area contributed by atoms with Crippen LogP contribution in [-0.2, 0) is 12.8 Å². The van der Waals surface area contributed by atoms with E-state index < -0.39 is 5.91 Å². The Labute approximate surface area is 166 Å². The molecular formula is C20H21N5O2S. The highest BCUT2D eigenvalue weighted by Gasteiger charge is 2.19. The number of aryl methyl sites for hydroxylation is 3. The van der Waals surface area contributed by atoms with Crippen LogP contribution < -0.4 is 10.9 Å². The van der Waals surface area contributed by atoms with Crippen molar-refractivity contribution in [3.8, 4) is 5.69 Å². The van der Waals surface area contributed by atoms with Crippen LogP contribution in [-0.4, -0.2) is 26.8 Å². The lowest BCUT2D eigenvalue weighted by Gasteiger charge is -2.04. The number of rotatable bonds is 3. The van der Waals surface area contributed by atoms with Gasteiger partial charge in [-0.3, -0.25) is 20.4 Å². The predicted molar refractivity (Wildman–Crippen MR) is 107 cm³/mol. The van der Waals surface area contributed by atoms with Crippen molar-refractivity contribution in [3.05, 3.63) is 63.1 Å². The standard InChI is InChI=1S/C20H21N5O2S/c1-13-18(24-25(23-13)15-9-5-3-6-10-15)20(27)22-21-19(26)17-12-14-8-4-2-7-11-16(14)28-17/h3,5-6,9-10,12H,2,4,7-8,11H2,1H3,(H,21,26)(H,22,27). The minimum absolute atomic E-state index is 0.172. The lowest BCUT2D eigenvalue weighted by atomic mass is 10.1. The van der Waals surface area contributed by atoms with Crippen molar-refractivity contribution >= 4 is 23.2 Å². The number of hydrazine groups is 1. The minimum atomic E-state index is -0.494. The van der Waals surface area contributed by atoms with E-state index in [2.05, 4.69) is 21.0 Å². The first-order valence-corrected chi connectivity index (χ1v) is 10.1. The number of fused-ring (bicyclic) bond motifs is 1. The van der Waals surface area contributed by atoms with Gasteiger partial charge in [0.25, 0.3) is 11.8 Å². The number of nitrogens with one attached hydrogen (secondary N) is 2. The predicted octanol–water partition coefficient (Wildman–Crippen LogP) is 2.98. The summed E-state index contributed by atoms with van der Waals surface area (Å²) < 4.78 is 0. The summed E-state index contributed by atoms with van der Waals surface area (Å²) in [5, 5.41) is 8.51. The quantitative estimate of drug-likeness (QED) is 0.527. The molecule has 1 aromatic carbocycles. The number of thiophene rings is 1. The van der Waals surface area contributed by atoms with Crippen molar-refractivity contribution in [1.82, 2.24) is 25.8 Å². The van der Waals surface area contributed by atoms with E-state index in [1.165, 1.54) is 39.4 Å². The van der Waals surface area contributed by atoms with Crippen LogP contribution >= 0.6 is 11.3 Å². The number of aromatic nitrogens is 3. The third-order valence-electron chi connectivity index (χ3n) is 4.74. The van der Waals surface area contributed by atoms with Crippen LogP contribution in [0.3, 0.4) is 0 Å². The molecule has 0 spiro atoms. The normalized spacial score (nSPS) is 13.5. The number of nitrogens with zero attached hydrogens (tertiary/aromatic N) is 3. The van der Waals surface area contributed by atoms with Crippen molar-refractivity contribution in [2.24, 2.45) is 0 Å².